The molecular weight excluding hydrogens is 202 g/mol. The fourth-order valence-corrected chi connectivity index (χ4v) is 1.60. The topological polar surface area (TPSA) is 30.5 Å². The molecule has 16 heavy (non-hydrogen) atoms. The SMILES string of the molecule is COCCNCC(C)CCCC(C)(C)OC. The molecule has 0 aliphatic rings. The molecule has 0 spiro atoms. The summed E-state index contributed by atoms with van der Waals surface area (Å²) >= 11 is 0. The van der Waals surface area contributed by atoms with E-state index in [-0.39, 0.29) is 5.60 Å². The van der Waals surface area contributed by atoms with E-state index in [1.807, 2.05) is 0 Å². The molecule has 0 radical (unpaired) electrons. The van der Waals surface area contributed by atoms with Crippen LogP contribution in [0, 0.1) is 5.92 Å². The van der Waals surface area contributed by atoms with E-state index in [2.05, 4.69) is 26.1 Å². The Morgan fingerprint density at radius 1 is 1.25 bits per heavy atom. The van der Waals surface area contributed by atoms with Crippen LogP contribution in [0.3, 0.4) is 0 Å². The normalized spacial score (nSPS) is 14.1. The molecule has 0 aromatic heterocycles. The van der Waals surface area contributed by atoms with Crippen molar-refractivity contribution in [1.29, 1.82) is 0 Å². The molecule has 0 aromatic rings. The van der Waals surface area contributed by atoms with Crippen molar-refractivity contribution in [2.75, 3.05) is 33.9 Å². The number of hydrogen-bond acceptors (Lipinski definition) is 3. The van der Waals surface area contributed by atoms with Crippen LogP contribution in [0.4, 0.5) is 0 Å². The van der Waals surface area contributed by atoms with Gasteiger partial charge in [0.25, 0.3) is 0 Å². The monoisotopic (exact) mass is 231 g/mol. The van der Waals surface area contributed by atoms with Crippen LogP contribution in [0.25, 0.3) is 0 Å². The van der Waals surface area contributed by atoms with Crippen molar-refractivity contribution in [3.8, 4) is 0 Å². The van der Waals surface area contributed by atoms with Crippen LogP contribution in [-0.4, -0.2) is 39.5 Å². The van der Waals surface area contributed by atoms with Gasteiger partial charge in [-0.05, 0) is 39.2 Å². The molecule has 0 heterocycles. The van der Waals surface area contributed by atoms with Gasteiger partial charge in [0.05, 0.1) is 12.2 Å². The first-order chi connectivity index (χ1) is 7.52. The summed E-state index contributed by atoms with van der Waals surface area (Å²) in [6.45, 7) is 9.41. The smallest absolute Gasteiger partial charge is 0.0622 e. The molecule has 3 nitrogen and oxygen atoms in total. The van der Waals surface area contributed by atoms with Gasteiger partial charge in [-0.3, -0.25) is 0 Å². The van der Waals surface area contributed by atoms with Crippen LogP contribution >= 0.6 is 0 Å². The highest BCUT2D eigenvalue weighted by Crippen LogP contribution is 2.18. The molecule has 1 atom stereocenters. The Labute approximate surface area is 101 Å². The Morgan fingerprint density at radius 2 is 1.94 bits per heavy atom. The third kappa shape index (κ3) is 9.13. The summed E-state index contributed by atoms with van der Waals surface area (Å²) < 4.78 is 10.4. The molecule has 0 saturated heterocycles. The molecule has 1 N–H and O–H groups in total. The van der Waals surface area contributed by atoms with E-state index in [9.17, 15) is 0 Å². The lowest BCUT2D eigenvalue weighted by atomic mass is 9.96. The Balaban J connectivity index is 3.40. The summed E-state index contributed by atoms with van der Waals surface area (Å²) in [4.78, 5) is 0. The maximum Gasteiger partial charge on any atom is 0.0622 e. The highest BCUT2D eigenvalue weighted by atomic mass is 16.5. The number of hydrogen-bond donors (Lipinski definition) is 1. The van der Waals surface area contributed by atoms with E-state index in [1.54, 1.807) is 14.2 Å². The summed E-state index contributed by atoms with van der Waals surface area (Å²) in [5.74, 6) is 0.726. The van der Waals surface area contributed by atoms with Crippen molar-refractivity contribution in [1.82, 2.24) is 5.32 Å². The van der Waals surface area contributed by atoms with Crippen LogP contribution in [0.15, 0.2) is 0 Å². The first-order valence-electron chi connectivity index (χ1n) is 6.26. The summed E-state index contributed by atoms with van der Waals surface area (Å²) in [7, 11) is 3.52. The standard InChI is InChI=1S/C13H29NO2/c1-12(11-14-9-10-15-4)7-6-8-13(2,3)16-5/h12,14H,6-11H2,1-5H3. The fraction of sp³-hybridized carbons (Fsp3) is 1.00. The molecule has 0 fully saturated rings. The summed E-state index contributed by atoms with van der Waals surface area (Å²) in [5, 5.41) is 3.39. The largest absolute Gasteiger partial charge is 0.383 e. The minimum atomic E-state index is 0.0310. The molecule has 0 bridgehead atoms. The van der Waals surface area contributed by atoms with Crippen LogP contribution in [0.2, 0.25) is 0 Å². The maximum absolute atomic E-state index is 5.40. The van der Waals surface area contributed by atoms with Crippen molar-refractivity contribution in [2.24, 2.45) is 5.92 Å². The highest BCUT2D eigenvalue weighted by Gasteiger charge is 2.15. The first-order valence-corrected chi connectivity index (χ1v) is 6.26. The zero-order valence-electron chi connectivity index (χ0n) is 11.6. The lowest BCUT2D eigenvalue weighted by molar-refractivity contribution is 0.0127. The summed E-state index contributed by atoms with van der Waals surface area (Å²) in [6.07, 6.45) is 3.62. The third-order valence-corrected chi connectivity index (χ3v) is 3.00. The van der Waals surface area contributed by atoms with Crippen molar-refractivity contribution < 1.29 is 9.47 Å². The molecular formula is C13H29NO2. The molecule has 0 rings (SSSR count). The third-order valence-electron chi connectivity index (χ3n) is 3.00. The van der Waals surface area contributed by atoms with Crippen LogP contribution in [-0.2, 0) is 9.47 Å². The van der Waals surface area contributed by atoms with E-state index in [4.69, 9.17) is 9.47 Å². The van der Waals surface area contributed by atoms with Crippen LogP contribution in [0.5, 0.6) is 0 Å². The van der Waals surface area contributed by atoms with E-state index in [1.165, 1.54) is 12.8 Å². The van der Waals surface area contributed by atoms with Gasteiger partial charge in [-0.25, -0.2) is 0 Å². The lowest BCUT2D eigenvalue weighted by Gasteiger charge is -2.23. The van der Waals surface area contributed by atoms with E-state index >= 15 is 0 Å². The second-order valence-corrected chi connectivity index (χ2v) is 5.16. The molecule has 0 aromatic carbocycles. The number of methoxy groups -OCH3 is 2. The average molecular weight is 231 g/mol. The average Bonchev–Trinajstić information content (AvgIpc) is 2.24. The van der Waals surface area contributed by atoms with Gasteiger partial charge in [0.1, 0.15) is 0 Å². The molecule has 98 valence electrons. The van der Waals surface area contributed by atoms with Gasteiger partial charge >= 0.3 is 0 Å². The number of rotatable bonds is 10. The van der Waals surface area contributed by atoms with Gasteiger partial charge in [-0.2, -0.15) is 0 Å². The van der Waals surface area contributed by atoms with Crippen LogP contribution in [0.1, 0.15) is 40.0 Å². The number of ether oxygens (including phenoxy) is 2. The van der Waals surface area contributed by atoms with Gasteiger partial charge in [0.15, 0.2) is 0 Å². The highest BCUT2D eigenvalue weighted by molar-refractivity contribution is 4.68. The van der Waals surface area contributed by atoms with Crippen molar-refractivity contribution in [2.45, 2.75) is 45.6 Å². The summed E-state index contributed by atoms with van der Waals surface area (Å²) in [5.41, 5.74) is 0.0310. The van der Waals surface area contributed by atoms with Gasteiger partial charge in [0.2, 0.25) is 0 Å². The zero-order valence-corrected chi connectivity index (χ0v) is 11.6. The molecule has 0 aliphatic heterocycles. The molecule has 0 aliphatic carbocycles. The van der Waals surface area contributed by atoms with Crippen LogP contribution < -0.4 is 5.32 Å². The van der Waals surface area contributed by atoms with Gasteiger partial charge in [-0.1, -0.05) is 13.3 Å². The van der Waals surface area contributed by atoms with E-state index in [0.717, 1.165) is 32.0 Å². The minimum Gasteiger partial charge on any atom is -0.383 e. The molecule has 0 saturated carbocycles. The van der Waals surface area contributed by atoms with Crippen molar-refractivity contribution in [3.63, 3.8) is 0 Å². The van der Waals surface area contributed by atoms with E-state index in [0.29, 0.717) is 0 Å². The van der Waals surface area contributed by atoms with Crippen molar-refractivity contribution in [3.05, 3.63) is 0 Å². The predicted octanol–water partition coefficient (Wildman–Crippen LogP) is 2.45. The van der Waals surface area contributed by atoms with Gasteiger partial charge in [-0.15, -0.1) is 0 Å². The molecule has 3 heteroatoms. The predicted molar refractivity (Wildman–Crippen MR) is 68.8 cm³/mol. The number of nitrogens with one attached hydrogen (secondary N) is 1. The Hall–Kier alpha value is -0.120. The van der Waals surface area contributed by atoms with E-state index < -0.39 is 0 Å². The maximum atomic E-state index is 5.40. The molecule has 0 amide bonds. The second kappa shape index (κ2) is 8.97. The van der Waals surface area contributed by atoms with Gasteiger partial charge in [0, 0.05) is 20.8 Å². The quantitative estimate of drug-likeness (QED) is 0.586. The summed E-state index contributed by atoms with van der Waals surface area (Å²) in [6, 6.07) is 0. The fourth-order valence-electron chi connectivity index (χ4n) is 1.60. The Kier molecular flexibility index (Phi) is 8.90. The van der Waals surface area contributed by atoms with Crippen molar-refractivity contribution >= 4 is 0 Å². The lowest BCUT2D eigenvalue weighted by Crippen LogP contribution is -2.26. The Bertz CT molecular complexity index is 160. The second-order valence-electron chi connectivity index (χ2n) is 5.16. The first kappa shape index (κ1) is 15.9. The minimum absolute atomic E-state index is 0.0310. The molecule has 1 unspecified atom stereocenters. The Morgan fingerprint density at radius 3 is 2.50 bits per heavy atom. The van der Waals surface area contributed by atoms with Gasteiger partial charge < -0.3 is 14.8 Å². The zero-order chi connectivity index (χ0) is 12.4.